The third-order valence-corrected chi connectivity index (χ3v) is 3.80. The molecule has 0 radical (unpaired) electrons. The van der Waals surface area contributed by atoms with Crippen molar-refractivity contribution in [3.05, 3.63) is 33.8 Å². The largest absolute Gasteiger partial charge is 0.370 e. The summed E-state index contributed by atoms with van der Waals surface area (Å²) < 4.78 is 0. The van der Waals surface area contributed by atoms with E-state index < -0.39 is 0 Å². The van der Waals surface area contributed by atoms with Gasteiger partial charge in [-0.2, -0.15) is 0 Å². The molecule has 1 aromatic rings. The van der Waals surface area contributed by atoms with Crippen molar-refractivity contribution in [3.63, 3.8) is 0 Å². The van der Waals surface area contributed by atoms with Crippen molar-refractivity contribution in [1.29, 1.82) is 0 Å². The number of aliphatic imine (C=N–C) groups is 1. The predicted octanol–water partition coefficient (Wildman–Crippen LogP) is 3.12. The van der Waals surface area contributed by atoms with Crippen molar-refractivity contribution in [2.75, 3.05) is 13.1 Å². The van der Waals surface area contributed by atoms with E-state index in [0.717, 1.165) is 12.0 Å². The lowest BCUT2D eigenvalue weighted by molar-refractivity contribution is -0.123. The molecule has 1 amide bonds. The van der Waals surface area contributed by atoms with Gasteiger partial charge in [0.1, 0.15) is 0 Å². The van der Waals surface area contributed by atoms with E-state index in [9.17, 15) is 4.79 Å². The maximum absolute atomic E-state index is 11.4. The van der Waals surface area contributed by atoms with E-state index in [2.05, 4.69) is 15.6 Å². The average Bonchev–Trinajstić information content (AvgIpc) is 2.46. The van der Waals surface area contributed by atoms with Gasteiger partial charge in [0.2, 0.25) is 5.91 Å². The molecule has 0 fully saturated rings. The summed E-state index contributed by atoms with van der Waals surface area (Å²) in [4.78, 5) is 15.6. The van der Waals surface area contributed by atoms with Crippen LogP contribution in [0.1, 0.15) is 38.8 Å². The number of hydrogen-bond donors (Lipinski definition) is 3. The Morgan fingerprint density at radius 1 is 1.30 bits per heavy atom. The van der Waals surface area contributed by atoms with Crippen LogP contribution in [0, 0.1) is 5.92 Å². The van der Waals surface area contributed by atoms with E-state index in [1.165, 1.54) is 0 Å². The van der Waals surface area contributed by atoms with E-state index in [0.29, 0.717) is 29.1 Å². The molecule has 0 aliphatic heterocycles. The van der Waals surface area contributed by atoms with Crippen molar-refractivity contribution in [2.45, 2.75) is 33.2 Å². The van der Waals surface area contributed by atoms with Gasteiger partial charge in [-0.25, -0.2) is 0 Å². The lowest BCUT2D eigenvalue weighted by Crippen LogP contribution is -2.34. The average molecular weight is 359 g/mol. The van der Waals surface area contributed by atoms with Gasteiger partial charge < -0.3 is 16.4 Å². The molecule has 23 heavy (non-hydrogen) atoms. The number of benzene rings is 1. The van der Waals surface area contributed by atoms with Crippen LogP contribution in [0.2, 0.25) is 10.0 Å². The number of halogens is 2. The maximum atomic E-state index is 11.4. The standard InChI is InChI=1S/C16H24Cl2N4O/c1-10(2)15(23)20-7-4-8-21-16(19)22-11(3)13-6-5-12(17)9-14(13)18/h5-6,9-11H,4,7-8H2,1-3H3,(H,20,23)(H3,19,21,22). The van der Waals surface area contributed by atoms with Crippen LogP contribution in [0.15, 0.2) is 23.2 Å². The summed E-state index contributed by atoms with van der Waals surface area (Å²) in [6, 6.07) is 5.26. The van der Waals surface area contributed by atoms with Gasteiger partial charge in [-0.3, -0.25) is 9.79 Å². The Morgan fingerprint density at radius 2 is 2.00 bits per heavy atom. The summed E-state index contributed by atoms with van der Waals surface area (Å²) in [6.45, 7) is 6.79. The zero-order valence-corrected chi connectivity index (χ0v) is 15.2. The van der Waals surface area contributed by atoms with Gasteiger partial charge in [0.05, 0.1) is 6.04 Å². The van der Waals surface area contributed by atoms with Gasteiger partial charge in [-0.1, -0.05) is 43.1 Å². The molecule has 0 aliphatic carbocycles. The molecule has 0 aromatic heterocycles. The minimum absolute atomic E-state index is 0.00443. The lowest BCUT2D eigenvalue weighted by atomic mass is 10.1. The second-order valence-corrected chi connectivity index (χ2v) is 6.44. The molecule has 0 bridgehead atoms. The van der Waals surface area contributed by atoms with Crippen molar-refractivity contribution in [2.24, 2.45) is 16.6 Å². The van der Waals surface area contributed by atoms with Crippen molar-refractivity contribution in [3.8, 4) is 0 Å². The fourth-order valence-electron chi connectivity index (χ4n) is 1.89. The smallest absolute Gasteiger partial charge is 0.222 e. The molecule has 1 aromatic carbocycles. The highest BCUT2D eigenvalue weighted by molar-refractivity contribution is 6.35. The summed E-state index contributed by atoms with van der Waals surface area (Å²) in [5.41, 5.74) is 6.77. The molecule has 0 saturated carbocycles. The monoisotopic (exact) mass is 358 g/mol. The number of carbonyl (C=O) groups excluding carboxylic acids is 1. The minimum Gasteiger partial charge on any atom is -0.370 e. The van der Waals surface area contributed by atoms with Crippen LogP contribution in [0.25, 0.3) is 0 Å². The molecule has 128 valence electrons. The second-order valence-electron chi connectivity index (χ2n) is 5.60. The van der Waals surface area contributed by atoms with Crippen LogP contribution in [-0.2, 0) is 4.79 Å². The van der Waals surface area contributed by atoms with E-state index in [4.69, 9.17) is 28.9 Å². The van der Waals surface area contributed by atoms with Gasteiger partial charge >= 0.3 is 0 Å². The molecule has 7 heteroatoms. The molecule has 0 heterocycles. The number of nitrogens with zero attached hydrogens (tertiary/aromatic N) is 1. The van der Waals surface area contributed by atoms with E-state index in [1.54, 1.807) is 12.1 Å². The molecular weight excluding hydrogens is 335 g/mol. The number of hydrogen-bond acceptors (Lipinski definition) is 2. The molecule has 1 unspecified atom stereocenters. The van der Waals surface area contributed by atoms with E-state index in [-0.39, 0.29) is 17.9 Å². The molecular formula is C16H24Cl2N4O. The fraction of sp³-hybridized carbons (Fsp3) is 0.500. The molecule has 0 aliphatic rings. The molecule has 0 saturated heterocycles. The van der Waals surface area contributed by atoms with Gasteiger partial charge in [0.25, 0.3) is 0 Å². The Balaban J connectivity index is 2.39. The Morgan fingerprint density at radius 3 is 2.61 bits per heavy atom. The fourth-order valence-corrected chi connectivity index (χ4v) is 2.46. The Labute approximate surface area is 147 Å². The minimum atomic E-state index is -0.0795. The third kappa shape index (κ3) is 7.10. The Hall–Kier alpha value is -1.46. The Bertz CT molecular complexity index is 561. The predicted molar refractivity (Wildman–Crippen MR) is 97.0 cm³/mol. The second kappa shape index (κ2) is 9.63. The van der Waals surface area contributed by atoms with Gasteiger partial charge in [-0.15, -0.1) is 0 Å². The van der Waals surface area contributed by atoms with Gasteiger partial charge in [0.15, 0.2) is 5.96 Å². The number of carbonyl (C=O) groups is 1. The number of nitrogens with one attached hydrogen (secondary N) is 2. The molecule has 5 nitrogen and oxygen atoms in total. The summed E-state index contributed by atoms with van der Waals surface area (Å²) in [5, 5.41) is 7.10. The van der Waals surface area contributed by atoms with Crippen LogP contribution in [-0.4, -0.2) is 25.0 Å². The molecule has 0 spiro atoms. The zero-order chi connectivity index (χ0) is 17.4. The topological polar surface area (TPSA) is 79.5 Å². The highest BCUT2D eigenvalue weighted by atomic mass is 35.5. The first-order valence-electron chi connectivity index (χ1n) is 7.60. The number of guanidine groups is 1. The van der Waals surface area contributed by atoms with Gasteiger partial charge in [0, 0.05) is 29.1 Å². The number of nitrogens with two attached hydrogens (primary N) is 1. The SMILES string of the molecule is CC(C)C(=O)NCCCN=C(N)NC(C)c1ccc(Cl)cc1Cl. The molecule has 1 atom stereocenters. The first kappa shape index (κ1) is 19.6. The first-order chi connectivity index (χ1) is 10.8. The number of rotatable bonds is 7. The maximum Gasteiger partial charge on any atom is 0.222 e. The van der Waals surface area contributed by atoms with Crippen LogP contribution in [0.3, 0.4) is 0 Å². The summed E-state index contributed by atoms with van der Waals surface area (Å²) in [6.07, 6.45) is 0.733. The quantitative estimate of drug-likeness (QED) is 0.398. The summed E-state index contributed by atoms with van der Waals surface area (Å²) in [7, 11) is 0. The summed E-state index contributed by atoms with van der Waals surface area (Å²) >= 11 is 12.0. The highest BCUT2D eigenvalue weighted by Gasteiger charge is 2.10. The van der Waals surface area contributed by atoms with Crippen molar-refractivity contribution >= 4 is 35.1 Å². The van der Waals surface area contributed by atoms with Crippen molar-refractivity contribution in [1.82, 2.24) is 10.6 Å². The highest BCUT2D eigenvalue weighted by Crippen LogP contribution is 2.25. The number of amides is 1. The third-order valence-electron chi connectivity index (χ3n) is 3.23. The van der Waals surface area contributed by atoms with Crippen LogP contribution < -0.4 is 16.4 Å². The molecule has 4 N–H and O–H groups in total. The lowest BCUT2D eigenvalue weighted by Gasteiger charge is -2.16. The van der Waals surface area contributed by atoms with E-state index in [1.807, 2.05) is 26.8 Å². The zero-order valence-electron chi connectivity index (χ0n) is 13.7. The van der Waals surface area contributed by atoms with Crippen molar-refractivity contribution < 1.29 is 4.79 Å². The first-order valence-corrected chi connectivity index (χ1v) is 8.36. The Kier molecular flexibility index (Phi) is 8.20. The van der Waals surface area contributed by atoms with Crippen LogP contribution in [0.5, 0.6) is 0 Å². The normalized spacial score (nSPS) is 13.0. The van der Waals surface area contributed by atoms with E-state index >= 15 is 0 Å². The van der Waals surface area contributed by atoms with Crippen LogP contribution >= 0.6 is 23.2 Å². The summed E-state index contributed by atoms with van der Waals surface area (Å²) in [5.74, 6) is 0.389. The molecule has 1 rings (SSSR count). The van der Waals surface area contributed by atoms with Crippen LogP contribution in [0.4, 0.5) is 0 Å². The van der Waals surface area contributed by atoms with Gasteiger partial charge in [-0.05, 0) is 31.0 Å².